The third-order valence-corrected chi connectivity index (χ3v) is 3.38. The molecule has 1 aliphatic heterocycles. The molecule has 0 amide bonds. The van der Waals surface area contributed by atoms with Gasteiger partial charge in [-0.1, -0.05) is 13.8 Å². The molecule has 0 atom stereocenters. The monoisotopic (exact) mass is 309 g/mol. The van der Waals surface area contributed by atoms with Crippen LogP contribution >= 0.6 is 0 Å². The molecule has 22 heavy (non-hydrogen) atoms. The number of nitrogens with zero attached hydrogens (tertiary/aromatic N) is 3. The predicted molar refractivity (Wildman–Crippen MR) is 91.7 cm³/mol. The van der Waals surface area contributed by atoms with E-state index in [-0.39, 0.29) is 0 Å². The summed E-state index contributed by atoms with van der Waals surface area (Å²) in [5.41, 5.74) is 3.62. The molecule has 0 bridgehead atoms. The second-order valence-corrected chi connectivity index (χ2v) is 6.10. The topological polar surface area (TPSA) is 37.8 Å². The summed E-state index contributed by atoms with van der Waals surface area (Å²) in [6.07, 6.45) is 0. The van der Waals surface area contributed by atoms with E-state index < -0.39 is 0 Å². The summed E-state index contributed by atoms with van der Waals surface area (Å²) < 4.78 is 9.68. The minimum Gasteiger partial charge on any atom is -0.388 e. The zero-order valence-electron chi connectivity index (χ0n) is 14.9. The summed E-state index contributed by atoms with van der Waals surface area (Å²) in [6.45, 7) is 8.81. The highest BCUT2D eigenvalue weighted by atomic mass is 16.5. The molecule has 1 saturated heterocycles. The van der Waals surface area contributed by atoms with Gasteiger partial charge in [-0.15, -0.1) is 0 Å². The van der Waals surface area contributed by atoms with Gasteiger partial charge in [0.25, 0.3) is 0 Å². The summed E-state index contributed by atoms with van der Waals surface area (Å²) >= 11 is 0. The van der Waals surface area contributed by atoms with Crippen molar-refractivity contribution in [3.63, 3.8) is 0 Å². The molecule has 1 aromatic rings. The summed E-state index contributed by atoms with van der Waals surface area (Å²) in [7, 11) is 7.43. The van der Waals surface area contributed by atoms with E-state index in [1.165, 1.54) is 17.1 Å². The summed E-state index contributed by atoms with van der Waals surface area (Å²) in [6, 6.07) is 4.39. The fourth-order valence-corrected chi connectivity index (χ4v) is 2.34. The van der Waals surface area contributed by atoms with Crippen molar-refractivity contribution in [2.24, 2.45) is 0 Å². The van der Waals surface area contributed by atoms with Gasteiger partial charge in [-0.2, -0.15) is 0 Å². The number of ether oxygens (including phenoxy) is 2. The number of hydrogen-bond acceptors (Lipinski definition) is 5. The minimum atomic E-state index is 0.472. The standard InChI is InChI=1S/C15H25N3O.C2H6O/c1-12(2)13-5-6-15(14(16-13)11-17(3)4)18-7-9-19-10-8-18;1-3-2/h5-6,12H,7-11H2,1-4H3;1-2H3. The average Bonchev–Trinajstić information content (AvgIpc) is 2.48. The maximum absolute atomic E-state index is 5.43. The Morgan fingerprint density at radius 2 is 1.82 bits per heavy atom. The zero-order valence-corrected chi connectivity index (χ0v) is 14.9. The number of rotatable bonds is 4. The Labute approximate surface area is 135 Å². The van der Waals surface area contributed by atoms with Crippen molar-refractivity contribution in [1.29, 1.82) is 0 Å². The highest BCUT2D eigenvalue weighted by Crippen LogP contribution is 2.24. The van der Waals surface area contributed by atoms with Crippen molar-refractivity contribution in [3.8, 4) is 0 Å². The van der Waals surface area contributed by atoms with E-state index in [1.54, 1.807) is 14.2 Å². The SMILES string of the molecule is CC(C)c1ccc(N2CCOCC2)c(CN(C)C)n1.COC. The number of hydrogen-bond donors (Lipinski definition) is 0. The molecule has 126 valence electrons. The molecule has 0 saturated carbocycles. The molecule has 0 spiro atoms. The molecule has 5 nitrogen and oxygen atoms in total. The third kappa shape index (κ3) is 5.91. The lowest BCUT2D eigenvalue weighted by atomic mass is 10.1. The van der Waals surface area contributed by atoms with Crippen LogP contribution in [0.5, 0.6) is 0 Å². The molecule has 5 heteroatoms. The molecule has 1 aliphatic rings. The van der Waals surface area contributed by atoms with E-state index in [1.807, 2.05) is 0 Å². The number of aromatic nitrogens is 1. The van der Waals surface area contributed by atoms with Crippen LogP contribution in [0, 0.1) is 0 Å². The van der Waals surface area contributed by atoms with E-state index in [2.05, 4.69) is 54.6 Å². The van der Waals surface area contributed by atoms with Gasteiger partial charge in [-0.3, -0.25) is 4.98 Å². The highest BCUT2D eigenvalue weighted by molar-refractivity contribution is 5.51. The van der Waals surface area contributed by atoms with Gasteiger partial charge < -0.3 is 19.3 Å². The van der Waals surface area contributed by atoms with E-state index in [0.717, 1.165) is 32.8 Å². The van der Waals surface area contributed by atoms with Crippen LogP contribution in [0.25, 0.3) is 0 Å². The third-order valence-electron chi connectivity index (χ3n) is 3.38. The molecule has 0 aliphatic carbocycles. The van der Waals surface area contributed by atoms with E-state index in [9.17, 15) is 0 Å². The second-order valence-electron chi connectivity index (χ2n) is 6.10. The Bertz CT molecular complexity index is 430. The molecule has 0 unspecified atom stereocenters. The molecule has 2 rings (SSSR count). The predicted octanol–water partition coefficient (Wildman–Crippen LogP) is 2.37. The van der Waals surface area contributed by atoms with Crippen molar-refractivity contribution >= 4 is 5.69 Å². The maximum Gasteiger partial charge on any atom is 0.0780 e. The zero-order chi connectivity index (χ0) is 16.5. The lowest BCUT2D eigenvalue weighted by Gasteiger charge is -2.31. The van der Waals surface area contributed by atoms with Gasteiger partial charge >= 0.3 is 0 Å². The van der Waals surface area contributed by atoms with Crippen molar-refractivity contribution in [2.75, 3.05) is 59.5 Å². The first-order valence-corrected chi connectivity index (χ1v) is 7.87. The first-order chi connectivity index (χ1) is 10.5. The van der Waals surface area contributed by atoms with Crippen LogP contribution in [0.1, 0.15) is 31.2 Å². The van der Waals surface area contributed by atoms with E-state index in [0.29, 0.717) is 5.92 Å². The van der Waals surface area contributed by atoms with E-state index >= 15 is 0 Å². The van der Waals surface area contributed by atoms with Gasteiger partial charge in [0, 0.05) is 39.5 Å². The van der Waals surface area contributed by atoms with Gasteiger partial charge in [0.05, 0.1) is 24.6 Å². The number of pyridine rings is 1. The largest absolute Gasteiger partial charge is 0.388 e. The molecule has 0 radical (unpaired) electrons. The highest BCUT2D eigenvalue weighted by Gasteiger charge is 2.17. The quantitative estimate of drug-likeness (QED) is 0.853. The molecule has 1 aromatic heterocycles. The number of methoxy groups -OCH3 is 1. The molecule has 0 N–H and O–H groups in total. The van der Waals surface area contributed by atoms with Gasteiger partial charge in [-0.25, -0.2) is 0 Å². The first kappa shape index (κ1) is 18.9. The average molecular weight is 309 g/mol. The fraction of sp³-hybridized carbons (Fsp3) is 0.706. The van der Waals surface area contributed by atoms with E-state index in [4.69, 9.17) is 9.72 Å². The summed E-state index contributed by atoms with van der Waals surface area (Å²) in [5.74, 6) is 0.472. The van der Waals surface area contributed by atoms with Crippen molar-refractivity contribution in [2.45, 2.75) is 26.3 Å². The van der Waals surface area contributed by atoms with Gasteiger partial charge in [0.1, 0.15) is 0 Å². The van der Waals surface area contributed by atoms with Gasteiger partial charge in [-0.05, 0) is 32.1 Å². The minimum absolute atomic E-state index is 0.472. The van der Waals surface area contributed by atoms with Crippen LogP contribution in [0.15, 0.2) is 12.1 Å². The van der Waals surface area contributed by atoms with Crippen LogP contribution in [-0.2, 0) is 16.0 Å². The Kier molecular flexibility index (Phi) is 8.38. The van der Waals surface area contributed by atoms with Crippen LogP contribution in [-0.4, -0.2) is 64.5 Å². The van der Waals surface area contributed by atoms with Crippen LogP contribution in [0.2, 0.25) is 0 Å². The van der Waals surface area contributed by atoms with Gasteiger partial charge in [0.2, 0.25) is 0 Å². The Morgan fingerprint density at radius 3 is 2.32 bits per heavy atom. The summed E-state index contributed by atoms with van der Waals surface area (Å²) in [5, 5.41) is 0. The van der Waals surface area contributed by atoms with Crippen molar-refractivity contribution in [3.05, 3.63) is 23.5 Å². The van der Waals surface area contributed by atoms with Crippen molar-refractivity contribution in [1.82, 2.24) is 9.88 Å². The number of morpholine rings is 1. The summed E-state index contributed by atoms with van der Waals surface area (Å²) in [4.78, 5) is 9.43. The van der Waals surface area contributed by atoms with Gasteiger partial charge in [0.15, 0.2) is 0 Å². The van der Waals surface area contributed by atoms with Crippen molar-refractivity contribution < 1.29 is 9.47 Å². The molecule has 1 fully saturated rings. The number of anilines is 1. The lowest BCUT2D eigenvalue weighted by Crippen LogP contribution is -2.37. The second kappa shape index (κ2) is 9.77. The smallest absolute Gasteiger partial charge is 0.0780 e. The Balaban J connectivity index is 0.000000745. The molecule has 2 heterocycles. The molecule has 0 aromatic carbocycles. The first-order valence-electron chi connectivity index (χ1n) is 7.87. The maximum atomic E-state index is 5.43. The Hall–Kier alpha value is -1.17. The molecular formula is C17H31N3O2. The van der Waals surface area contributed by atoms with Crippen LogP contribution in [0.4, 0.5) is 5.69 Å². The van der Waals surface area contributed by atoms with Crippen LogP contribution in [0.3, 0.4) is 0 Å². The normalized spacial score (nSPS) is 15.0. The lowest BCUT2D eigenvalue weighted by molar-refractivity contribution is 0.122. The fourth-order valence-electron chi connectivity index (χ4n) is 2.34. The molecular weight excluding hydrogens is 278 g/mol. The van der Waals surface area contributed by atoms with Crippen LogP contribution < -0.4 is 4.90 Å². The Morgan fingerprint density at radius 1 is 1.23 bits per heavy atom.